The Bertz CT molecular complexity index is 1270. The summed E-state index contributed by atoms with van der Waals surface area (Å²) < 4.78 is 28.0. The van der Waals surface area contributed by atoms with Crippen molar-refractivity contribution in [2.24, 2.45) is 0 Å². The molecule has 2 aromatic carbocycles. The zero-order chi connectivity index (χ0) is 29.2. The second-order valence-electron chi connectivity index (χ2n) is 10.3. The minimum Gasteiger partial charge on any atom is -0.493 e. The van der Waals surface area contributed by atoms with Gasteiger partial charge in [0, 0.05) is 19.1 Å². The number of ether oxygens (including phenoxy) is 4. The lowest BCUT2D eigenvalue weighted by molar-refractivity contribution is 0.0904. The van der Waals surface area contributed by atoms with Crippen LogP contribution in [0.5, 0.6) is 23.0 Å². The van der Waals surface area contributed by atoms with Gasteiger partial charge in [-0.2, -0.15) is 0 Å². The van der Waals surface area contributed by atoms with E-state index in [2.05, 4.69) is 29.0 Å². The van der Waals surface area contributed by atoms with Gasteiger partial charge in [0.05, 0.1) is 20.8 Å². The molecule has 0 saturated carbocycles. The summed E-state index contributed by atoms with van der Waals surface area (Å²) in [6.45, 7) is 11.5. The maximum atomic E-state index is 12.9. The normalized spacial score (nSPS) is 13.0. The fourth-order valence-electron chi connectivity index (χ4n) is 5.04. The summed E-state index contributed by atoms with van der Waals surface area (Å²) in [6, 6.07) is 15.6. The Balaban J connectivity index is 1.42. The van der Waals surface area contributed by atoms with Crippen LogP contribution < -0.4 is 24.3 Å². The van der Waals surface area contributed by atoms with Gasteiger partial charge in [0.2, 0.25) is 6.79 Å². The number of benzene rings is 2. The van der Waals surface area contributed by atoms with E-state index in [1.165, 1.54) is 0 Å². The lowest BCUT2D eigenvalue weighted by Crippen LogP contribution is -2.33. The van der Waals surface area contributed by atoms with Crippen molar-refractivity contribution in [2.45, 2.75) is 59.3 Å². The van der Waals surface area contributed by atoms with Crippen LogP contribution >= 0.6 is 0 Å². The summed E-state index contributed by atoms with van der Waals surface area (Å²) in [5.74, 6) is 3.71. The maximum absolute atomic E-state index is 12.9. The van der Waals surface area contributed by atoms with Gasteiger partial charge in [-0.1, -0.05) is 26.0 Å². The molecule has 1 aromatic heterocycles. The second kappa shape index (κ2) is 14.8. The molecule has 41 heavy (non-hydrogen) atoms. The number of rotatable bonds is 16. The Morgan fingerprint density at radius 1 is 0.878 bits per heavy atom. The van der Waals surface area contributed by atoms with Crippen molar-refractivity contribution in [1.82, 2.24) is 15.1 Å². The molecule has 0 spiro atoms. The molecule has 2 heterocycles. The highest BCUT2D eigenvalue weighted by Crippen LogP contribution is 2.33. The van der Waals surface area contributed by atoms with Gasteiger partial charge in [0.25, 0.3) is 5.91 Å². The van der Waals surface area contributed by atoms with Crippen molar-refractivity contribution < 1.29 is 28.2 Å². The lowest BCUT2D eigenvalue weighted by atomic mass is 10.1. The first-order valence-electron chi connectivity index (χ1n) is 14.4. The molecule has 4 rings (SSSR count). The number of fused-ring (bicyclic) bond motifs is 1. The summed E-state index contributed by atoms with van der Waals surface area (Å²) in [6.07, 6.45) is 1.96. The fourth-order valence-corrected chi connectivity index (χ4v) is 5.04. The van der Waals surface area contributed by atoms with Crippen LogP contribution in [0.1, 0.15) is 61.1 Å². The molecule has 1 aliphatic rings. The molecule has 0 aliphatic carbocycles. The highest BCUT2D eigenvalue weighted by molar-refractivity contribution is 5.91. The zero-order valence-electron chi connectivity index (χ0n) is 24.9. The number of hydrogen-bond acceptors (Lipinski definition) is 8. The largest absolute Gasteiger partial charge is 0.493 e. The summed E-state index contributed by atoms with van der Waals surface area (Å²) in [5, 5.41) is 3.08. The summed E-state index contributed by atoms with van der Waals surface area (Å²) in [5.41, 5.74) is 2.14. The highest BCUT2D eigenvalue weighted by atomic mass is 16.7. The number of amides is 1. The molecule has 9 nitrogen and oxygen atoms in total. The summed E-state index contributed by atoms with van der Waals surface area (Å²) in [7, 11) is 3.26. The number of nitrogens with one attached hydrogen (secondary N) is 1. The van der Waals surface area contributed by atoms with E-state index in [-0.39, 0.29) is 18.7 Å². The van der Waals surface area contributed by atoms with Crippen LogP contribution in [0.3, 0.4) is 0 Å². The van der Waals surface area contributed by atoms with E-state index in [9.17, 15) is 4.79 Å². The molecule has 9 heteroatoms. The van der Waals surface area contributed by atoms with Gasteiger partial charge in [-0.3, -0.25) is 9.69 Å². The van der Waals surface area contributed by atoms with Crippen LogP contribution in [0, 0.1) is 0 Å². The topological polar surface area (TPSA) is 85.6 Å². The van der Waals surface area contributed by atoms with E-state index in [4.69, 9.17) is 23.4 Å². The lowest BCUT2D eigenvalue weighted by Gasteiger charge is -2.22. The molecular weight excluding hydrogens is 522 g/mol. The first-order chi connectivity index (χ1) is 19.9. The number of nitrogens with zero attached hydrogens (tertiary/aromatic N) is 2. The van der Waals surface area contributed by atoms with E-state index < -0.39 is 0 Å². The predicted octanol–water partition coefficient (Wildman–Crippen LogP) is 5.47. The van der Waals surface area contributed by atoms with E-state index in [0.29, 0.717) is 42.7 Å². The number of methoxy groups -OCH3 is 2. The van der Waals surface area contributed by atoms with Crippen molar-refractivity contribution in [1.29, 1.82) is 0 Å². The quantitative estimate of drug-likeness (QED) is 0.245. The average molecular weight is 566 g/mol. The van der Waals surface area contributed by atoms with E-state index in [1.807, 2.05) is 49.4 Å². The molecule has 0 fully saturated rings. The summed E-state index contributed by atoms with van der Waals surface area (Å²) >= 11 is 0. The Labute approximate surface area is 243 Å². The number of furan rings is 1. The van der Waals surface area contributed by atoms with Crippen LogP contribution in [-0.2, 0) is 19.6 Å². The van der Waals surface area contributed by atoms with Gasteiger partial charge in [-0.05, 0) is 86.9 Å². The van der Waals surface area contributed by atoms with Crippen molar-refractivity contribution >= 4 is 5.91 Å². The van der Waals surface area contributed by atoms with Crippen LogP contribution in [-0.4, -0.2) is 62.4 Å². The summed E-state index contributed by atoms with van der Waals surface area (Å²) in [4.78, 5) is 17.5. The smallest absolute Gasteiger partial charge is 0.287 e. The van der Waals surface area contributed by atoms with Crippen LogP contribution in [0.2, 0.25) is 0 Å². The molecule has 3 aromatic rings. The van der Waals surface area contributed by atoms with Crippen molar-refractivity contribution in [3.8, 4) is 23.0 Å². The zero-order valence-corrected chi connectivity index (χ0v) is 24.9. The van der Waals surface area contributed by atoms with E-state index in [1.54, 1.807) is 20.3 Å². The van der Waals surface area contributed by atoms with Crippen molar-refractivity contribution in [3.05, 3.63) is 71.2 Å². The van der Waals surface area contributed by atoms with E-state index >= 15 is 0 Å². The second-order valence-corrected chi connectivity index (χ2v) is 10.3. The average Bonchev–Trinajstić information content (AvgIpc) is 3.64. The predicted molar refractivity (Wildman–Crippen MR) is 158 cm³/mol. The first-order valence-corrected chi connectivity index (χ1v) is 14.4. The van der Waals surface area contributed by atoms with Crippen LogP contribution in [0.15, 0.2) is 52.9 Å². The van der Waals surface area contributed by atoms with Gasteiger partial charge in [0.1, 0.15) is 5.76 Å². The highest BCUT2D eigenvalue weighted by Gasteiger charge is 2.19. The molecule has 0 saturated heterocycles. The monoisotopic (exact) mass is 565 g/mol. The number of carbonyl (C=O) groups excluding carboxylic acids is 1. The molecule has 222 valence electrons. The fraction of sp³-hybridized carbons (Fsp3) is 0.469. The van der Waals surface area contributed by atoms with Gasteiger partial charge in [-0.15, -0.1) is 0 Å². The molecule has 0 radical (unpaired) electrons. The molecule has 1 aliphatic heterocycles. The molecular formula is C32H43N3O6. The maximum Gasteiger partial charge on any atom is 0.287 e. The van der Waals surface area contributed by atoms with Crippen LogP contribution in [0.4, 0.5) is 0 Å². The molecule has 1 unspecified atom stereocenters. The van der Waals surface area contributed by atoms with Gasteiger partial charge in [0.15, 0.2) is 28.8 Å². The minimum absolute atomic E-state index is 0.0687. The molecule has 1 atom stereocenters. The van der Waals surface area contributed by atoms with Gasteiger partial charge < -0.3 is 33.6 Å². The third kappa shape index (κ3) is 8.41. The Morgan fingerprint density at radius 2 is 1.59 bits per heavy atom. The van der Waals surface area contributed by atoms with Crippen LogP contribution in [0.25, 0.3) is 0 Å². The number of carbonyl (C=O) groups is 1. The van der Waals surface area contributed by atoms with Gasteiger partial charge in [-0.25, -0.2) is 0 Å². The SMILES string of the molecule is CCN(CC)CCCC(C)NC(=O)c1ccc(CN(Cc2ccc(OC)c(OC)c2)Cc2ccc3c(c2)OCO3)o1. The molecule has 0 bridgehead atoms. The molecule has 1 N–H and O–H groups in total. The Kier molecular flexibility index (Phi) is 10.9. The Morgan fingerprint density at radius 3 is 2.32 bits per heavy atom. The van der Waals surface area contributed by atoms with Crippen molar-refractivity contribution in [2.75, 3.05) is 40.6 Å². The third-order valence-corrected chi connectivity index (χ3v) is 7.35. The third-order valence-electron chi connectivity index (χ3n) is 7.35. The Hall–Kier alpha value is -3.69. The number of hydrogen-bond donors (Lipinski definition) is 1. The van der Waals surface area contributed by atoms with E-state index in [0.717, 1.165) is 55.1 Å². The standard InChI is InChI=1S/C32H43N3O6/c1-6-34(7-2)16-8-9-23(3)33-32(36)29-15-12-26(41-29)21-35(19-24-10-13-27(37-4)30(17-24)38-5)20-25-11-14-28-31(18-25)40-22-39-28/h10-15,17-18,23H,6-9,16,19-22H2,1-5H3,(H,33,36). The van der Waals surface area contributed by atoms with Crippen molar-refractivity contribution in [3.63, 3.8) is 0 Å². The molecule has 1 amide bonds. The minimum atomic E-state index is -0.186. The van der Waals surface area contributed by atoms with Gasteiger partial charge >= 0.3 is 0 Å². The first kappa shape index (κ1) is 30.3.